The highest BCUT2D eigenvalue weighted by molar-refractivity contribution is 5.81. The van der Waals surface area contributed by atoms with Crippen LogP contribution in [0, 0.1) is 5.92 Å². The summed E-state index contributed by atoms with van der Waals surface area (Å²) in [6, 6.07) is -3.99. The Hall–Kier alpha value is -3.54. The van der Waals surface area contributed by atoms with E-state index in [9.17, 15) is 39.6 Å². The Morgan fingerprint density at radius 3 is 2.10 bits per heavy atom. The molecule has 2 heterocycles. The largest absolute Gasteiger partial charge is 0.492 e. The van der Waals surface area contributed by atoms with E-state index in [4.69, 9.17) is 39.9 Å². The monoisotopic (exact) mass is 890 g/mol. The highest BCUT2D eigenvalue weighted by Gasteiger charge is 2.56. The van der Waals surface area contributed by atoms with E-state index in [1.54, 1.807) is 62.3 Å². The molecule has 1 saturated carbocycles. The van der Waals surface area contributed by atoms with Gasteiger partial charge in [-0.15, -0.1) is 0 Å². The van der Waals surface area contributed by atoms with Crippen molar-refractivity contribution in [2.75, 3.05) is 39.8 Å². The summed E-state index contributed by atoms with van der Waals surface area (Å²) >= 11 is 0. The average molecular weight is 890 g/mol. The molecule has 1 saturated heterocycles. The number of rotatable bonds is 15. The van der Waals surface area contributed by atoms with Crippen LogP contribution in [0.15, 0.2) is 11.8 Å². The maximum absolute atomic E-state index is 13.7. The van der Waals surface area contributed by atoms with Gasteiger partial charge in [0.05, 0.1) is 31.3 Å². The smallest absolute Gasteiger partial charge is 0.410 e. The van der Waals surface area contributed by atoms with Gasteiger partial charge in [0.1, 0.15) is 52.6 Å². The van der Waals surface area contributed by atoms with Crippen LogP contribution in [0.3, 0.4) is 0 Å². The lowest BCUT2D eigenvalue weighted by atomic mass is 9.72. The first-order valence-corrected chi connectivity index (χ1v) is 21.3. The van der Waals surface area contributed by atoms with Gasteiger partial charge in [0.2, 0.25) is 5.91 Å². The molecule has 2 fully saturated rings. The van der Waals surface area contributed by atoms with Crippen molar-refractivity contribution in [1.82, 2.24) is 26.2 Å². The lowest BCUT2D eigenvalue weighted by molar-refractivity contribution is -0.305. The molecule has 1 aliphatic carbocycles. The Labute approximate surface area is 365 Å². The molecule has 0 spiro atoms. The van der Waals surface area contributed by atoms with E-state index in [1.165, 1.54) is 14.0 Å². The maximum atomic E-state index is 13.7. The molecule has 2 aliphatic heterocycles. The molecule has 21 heteroatoms. The summed E-state index contributed by atoms with van der Waals surface area (Å²) in [6.07, 6.45) is -8.89. The molecule has 21 nitrogen and oxygen atoms in total. The molecule has 12 N–H and O–H groups in total. The van der Waals surface area contributed by atoms with Crippen molar-refractivity contribution in [1.29, 1.82) is 0 Å². The number of nitrogens with zero attached hydrogens (tertiary/aromatic N) is 1. The lowest BCUT2D eigenvalue weighted by Gasteiger charge is -2.52. The molecule has 3 rings (SSSR count). The average Bonchev–Trinajstić information content (AvgIpc) is 3.12. The number of hydrogen-bond donors (Lipinski definition) is 10. The Kier molecular flexibility index (Phi) is 18.6. The minimum absolute atomic E-state index is 0.0346. The van der Waals surface area contributed by atoms with Crippen molar-refractivity contribution in [3.8, 4) is 0 Å². The predicted molar refractivity (Wildman–Crippen MR) is 225 cm³/mol. The van der Waals surface area contributed by atoms with Gasteiger partial charge in [-0.2, -0.15) is 0 Å². The number of aliphatic hydroxyl groups excluding tert-OH is 3. The lowest BCUT2D eigenvalue weighted by Crippen LogP contribution is -2.71. The second kappa shape index (κ2) is 21.9. The topological polar surface area (TPSA) is 308 Å². The minimum Gasteiger partial charge on any atom is -0.492 e. The number of alkyl carbamates (subject to hydrolysis) is 2. The van der Waals surface area contributed by atoms with Gasteiger partial charge in [0.15, 0.2) is 6.29 Å². The van der Waals surface area contributed by atoms with E-state index in [-0.39, 0.29) is 25.9 Å². The van der Waals surface area contributed by atoms with Crippen LogP contribution in [0.5, 0.6) is 0 Å². The number of amides is 4. The molecule has 0 aromatic carbocycles. The zero-order valence-electron chi connectivity index (χ0n) is 38.3. The molecule has 0 bridgehead atoms. The summed E-state index contributed by atoms with van der Waals surface area (Å²) in [4.78, 5) is 53.7. The van der Waals surface area contributed by atoms with Gasteiger partial charge in [0, 0.05) is 31.6 Å². The third-order valence-corrected chi connectivity index (χ3v) is 10.3. The number of nitrogens with one attached hydrogen (secondary N) is 4. The number of ether oxygens (including phenoxy) is 6. The number of likely N-dealkylation sites (N-methyl/N-ethyl adjacent to an activating group) is 1. The fraction of sp³-hybridized carbons (Fsp3) is 0.854. The Morgan fingerprint density at radius 1 is 0.903 bits per heavy atom. The van der Waals surface area contributed by atoms with Crippen LogP contribution in [0.2, 0.25) is 0 Å². The molecular formula is C41H75N7O14. The molecular weight excluding hydrogens is 814 g/mol. The quantitative estimate of drug-likeness (QED) is 0.0767. The summed E-state index contributed by atoms with van der Waals surface area (Å²) < 4.78 is 35.1. The highest BCUT2D eigenvalue weighted by atomic mass is 16.7. The zero-order valence-corrected chi connectivity index (χ0v) is 38.3. The molecule has 12 atom stereocenters. The second-order valence-corrected chi connectivity index (χ2v) is 19.5. The van der Waals surface area contributed by atoms with Crippen molar-refractivity contribution in [3.05, 3.63) is 11.8 Å². The van der Waals surface area contributed by atoms with Crippen LogP contribution in [0.1, 0.15) is 94.9 Å². The molecule has 4 amide bonds. The molecule has 0 aromatic heterocycles. The van der Waals surface area contributed by atoms with E-state index in [0.29, 0.717) is 31.7 Å². The number of carbonyl (C=O) groups is 4. The molecule has 358 valence electrons. The maximum Gasteiger partial charge on any atom is 0.410 e. The summed E-state index contributed by atoms with van der Waals surface area (Å²) in [5.41, 5.74) is 7.42. The summed E-state index contributed by atoms with van der Waals surface area (Å²) in [6.45, 7) is 16.9. The van der Waals surface area contributed by atoms with Crippen molar-refractivity contribution in [2.24, 2.45) is 17.4 Å². The third kappa shape index (κ3) is 15.6. The van der Waals surface area contributed by atoms with E-state index in [1.807, 2.05) is 6.08 Å². The van der Waals surface area contributed by atoms with Gasteiger partial charge >= 0.3 is 18.3 Å². The van der Waals surface area contributed by atoms with E-state index >= 15 is 0 Å². The summed E-state index contributed by atoms with van der Waals surface area (Å²) in [5.74, 6) is -1.49. The van der Waals surface area contributed by atoms with Gasteiger partial charge in [-0.25, -0.2) is 14.4 Å². The molecule has 0 aromatic rings. The molecule has 3 aliphatic rings. The SMILES string of the molecule is CN(C(=O)OC(C)(C)C)[C@@H]1[C@@H](O)[C@@H](O[C@H]2[C@H](NC(=O)[C@@H](O)CCNC(=O)OC(C)(C)C)C[C@H](NC(=O)OC(C)(C)C)C([C@H]3OC(CN)=CC[C@H]3NCCCN)[C@@H]2O)OC[C@]1(C)O. The van der Waals surface area contributed by atoms with E-state index in [2.05, 4.69) is 21.3 Å². The fourth-order valence-electron chi connectivity index (χ4n) is 7.73. The Morgan fingerprint density at radius 2 is 1.52 bits per heavy atom. The van der Waals surface area contributed by atoms with Crippen LogP contribution < -0.4 is 32.7 Å². The van der Waals surface area contributed by atoms with Crippen LogP contribution >= 0.6 is 0 Å². The number of aliphatic hydroxyl groups is 4. The third-order valence-electron chi connectivity index (χ3n) is 10.3. The van der Waals surface area contributed by atoms with Crippen molar-refractivity contribution in [2.45, 2.75) is 178 Å². The normalized spacial score (nSPS) is 31.1. The zero-order chi connectivity index (χ0) is 47.0. The molecule has 0 radical (unpaired) electrons. The highest BCUT2D eigenvalue weighted by Crippen LogP contribution is 2.38. The van der Waals surface area contributed by atoms with Crippen LogP contribution in [0.25, 0.3) is 0 Å². The molecule has 62 heavy (non-hydrogen) atoms. The Balaban J connectivity index is 2.07. The van der Waals surface area contributed by atoms with Gasteiger partial charge in [-0.05, 0) is 114 Å². The fourth-order valence-corrected chi connectivity index (χ4v) is 7.73. The number of nitrogens with two attached hydrogens (primary N) is 2. The number of hydrogen-bond acceptors (Lipinski definition) is 17. The van der Waals surface area contributed by atoms with Crippen molar-refractivity contribution in [3.63, 3.8) is 0 Å². The van der Waals surface area contributed by atoms with Crippen molar-refractivity contribution < 1.29 is 68.0 Å². The number of carbonyl (C=O) groups excluding carboxylic acids is 4. The van der Waals surface area contributed by atoms with Gasteiger partial charge in [-0.1, -0.05) is 0 Å². The standard InChI is InChI=1S/C41H75N7O14/c1-38(2,3)60-35(53)45-18-15-26(49)33(52)46-25-19-24(47-36(54)61-39(4,5)6)27(30-23(44-17-12-16-42)14-13-22(20-43)58-30)28(50)31(25)59-34-29(51)32(41(10,56)21-57-34)48(11)37(55)62-40(7,8)9/h13,23-32,34,44,49-51,56H,12,14-21,42-43H2,1-11H3,(H,45,53)(H,46,52)(H,47,54)/t23-,24+,25-,26+,27?,28+,29-,30+,31+,32-,34-,41+/m1/s1. The first-order chi connectivity index (χ1) is 28.6. The van der Waals surface area contributed by atoms with Gasteiger partial charge in [-0.3, -0.25) is 4.79 Å². The van der Waals surface area contributed by atoms with Crippen LogP contribution in [0.4, 0.5) is 14.4 Å². The van der Waals surface area contributed by atoms with Gasteiger partial charge < -0.3 is 86.5 Å². The van der Waals surface area contributed by atoms with E-state index < -0.39 is 120 Å². The predicted octanol–water partition coefficient (Wildman–Crippen LogP) is 0.0484. The summed E-state index contributed by atoms with van der Waals surface area (Å²) in [7, 11) is 1.35. The molecule has 1 unspecified atom stereocenters. The van der Waals surface area contributed by atoms with E-state index in [0.717, 1.165) is 4.90 Å². The van der Waals surface area contributed by atoms with Crippen molar-refractivity contribution >= 4 is 24.2 Å². The van der Waals surface area contributed by atoms with Gasteiger partial charge in [0.25, 0.3) is 0 Å². The van der Waals surface area contributed by atoms with Crippen LogP contribution in [-0.4, -0.2) is 173 Å². The first-order valence-electron chi connectivity index (χ1n) is 21.3. The second-order valence-electron chi connectivity index (χ2n) is 19.5. The first kappa shape index (κ1) is 52.8. The Bertz CT molecular complexity index is 1530. The minimum atomic E-state index is -1.81. The van der Waals surface area contributed by atoms with Crippen LogP contribution in [-0.2, 0) is 33.2 Å². The summed E-state index contributed by atoms with van der Waals surface area (Å²) in [5, 5.41) is 58.4.